The summed E-state index contributed by atoms with van der Waals surface area (Å²) in [6.45, 7) is 4.32. The molecule has 24 heavy (non-hydrogen) atoms. The number of aromatic nitrogens is 1. The van der Waals surface area contributed by atoms with Crippen LogP contribution in [0.3, 0.4) is 0 Å². The Bertz CT molecular complexity index is 840. The SMILES string of the molecule is CC(C)C1(c2ccc3ncccc3c2)N=NCC1C(=O)N=C(N)N. The molecule has 1 aromatic carbocycles. The predicted molar refractivity (Wildman–Crippen MR) is 92.3 cm³/mol. The molecule has 7 heteroatoms. The summed E-state index contributed by atoms with van der Waals surface area (Å²) in [5, 5.41) is 9.64. The topological polar surface area (TPSA) is 119 Å². The van der Waals surface area contributed by atoms with Crippen LogP contribution < -0.4 is 11.5 Å². The lowest BCUT2D eigenvalue weighted by Gasteiger charge is -2.34. The van der Waals surface area contributed by atoms with Gasteiger partial charge in [-0.3, -0.25) is 9.78 Å². The largest absolute Gasteiger partial charge is 0.370 e. The van der Waals surface area contributed by atoms with Crippen molar-refractivity contribution in [2.24, 2.45) is 38.5 Å². The maximum absolute atomic E-state index is 12.5. The first kappa shape index (κ1) is 16.0. The summed E-state index contributed by atoms with van der Waals surface area (Å²) in [5.74, 6) is -1.11. The molecular formula is C17H20N6O. The number of benzene rings is 1. The number of rotatable bonds is 3. The van der Waals surface area contributed by atoms with Crippen molar-refractivity contribution in [2.75, 3.05) is 6.54 Å². The van der Waals surface area contributed by atoms with Gasteiger partial charge in [0.1, 0.15) is 5.54 Å². The molecule has 0 bridgehead atoms. The van der Waals surface area contributed by atoms with E-state index >= 15 is 0 Å². The van der Waals surface area contributed by atoms with Crippen LogP contribution in [0.5, 0.6) is 0 Å². The van der Waals surface area contributed by atoms with Gasteiger partial charge >= 0.3 is 0 Å². The maximum atomic E-state index is 12.5. The molecule has 2 atom stereocenters. The number of carbonyl (C=O) groups is 1. The second-order valence-corrected chi connectivity index (χ2v) is 6.24. The molecule has 2 heterocycles. The molecule has 0 radical (unpaired) electrons. The Hall–Kier alpha value is -2.83. The van der Waals surface area contributed by atoms with Crippen molar-refractivity contribution >= 4 is 22.8 Å². The predicted octanol–water partition coefficient (Wildman–Crippen LogP) is 1.97. The molecule has 0 spiro atoms. The Balaban J connectivity index is 2.14. The molecule has 3 rings (SSSR count). The minimum atomic E-state index is -0.778. The number of fused-ring (bicyclic) bond motifs is 1. The fourth-order valence-electron chi connectivity index (χ4n) is 3.35. The molecule has 0 saturated heterocycles. The maximum Gasteiger partial charge on any atom is 0.256 e. The number of nitrogens with zero attached hydrogens (tertiary/aromatic N) is 4. The third-order valence-electron chi connectivity index (χ3n) is 4.51. The highest BCUT2D eigenvalue weighted by molar-refractivity contribution is 5.93. The minimum absolute atomic E-state index is 0.0426. The van der Waals surface area contributed by atoms with Gasteiger partial charge in [0.15, 0.2) is 5.96 Å². The Labute approximate surface area is 139 Å². The minimum Gasteiger partial charge on any atom is -0.370 e. The Morgan fingerprint density at radius 3 is 2.83 bits per heavy atom. The van der Waals surface area contributed by atoms with E-state index in [1.165, 1.54) is 0 Å². The van der Waals surface area contributed by atoms with Gasteiger partial charge in [-0.2, -0.15) is 15.2 Å². The molecule has 1 aliphatic heterocycles. The number of amides is 1. The smallest absolute Gasteiger partial charge is 0.256 e. The second-order valence-electron chi connectivity index (χ2n) is 6.24. The van der Waals surface area contributed by atoms with E-state index in [0.29, 0.717) is 0 Å². The summed E-state index contributed by atoms with van der Waals surface area (Å²) in [5.41, 5.74) is 11.8. The highest BCUT2D eigenvalue weighted by Crippen LogP contribution is 2.46. The van der Waals surface area contributed by atoms with Crippen molar-refractivity contribution in [3.05, 3.63) is 42.1 Å². The van der Waals surface area contributed by atoms with E-state index in [-0.39, 0.29) is 24.3 Å². The number of pyridine rings is 1. The van der Waals surface area contributed by atoms with E-state index < -0.39 is 11.5 Å². The van der Waals surface area contributed by atoms with Crippen molar-refractivity contribution in [3.63, 3.8) is 0 Å². The molecule has 1 aliphatic rings. The summed E-state index contributed by atoms with van der Waals surface area (Å²) < 4.78 is 0. The second kappa shape index (κ2) is 5.99. The van der Waals surface area contributed by atoms with Crippen LogP contribution in [-0.2, 0) is 10.3 Å². The van der Waals surface area contributed by atoms with Crippen LogP contribution in [-0.4, -0.2) is 23.4 Å². The zero-order chi connectivity index (χ0) is 17.3. The van der Waals surface area contributed by atoms with Crippen molar-refractivity contribution in [1.29, 1.82) is 0 Å². The Kier molecular flexibility index (Phi) is 4.01. The number of carbonyl (C=O) groups excluding carboxylic acids is 1. The van der Waals surface area contributed by atoms with Crippen molar-refractivity contribution in [1.82, 2.24) is 4.98 Å². The number of aliphatic imine (C=N–C) groups is 1. The van der Waals surface area contributed by atoms with Gasteiger partial charge in [-0.15, -0.1) is 0 Å². The molecule has 1 aromatic heterocycles. The summed E-state index contributed by atoms with van der Waals surface area (Å²) in [7, 11) is 0. The summed E-state index contributed by atoms with van der Waals surface area (Å²) in [4.78, 5) is 20.6. The molecular weight excluding hydrogens is 304 g/mol. The lowest BCUT2D eigenvalue weighted by molar-refractivity contribution is -0.123. The van der Waals surface area contributed by atoms with Crippen LogP contribution in [0.25, 0.3) is 10.9 Å². The molecule has 2 aromatic rings. The van der Waals surface area contributed by atoms with Gasteiger partial charge in [0, 0.05) is 11.6 Å². The molecule has 7 nitrogen and oxygen atoms in total. The van der Waals surface area contributed by atoms with E-state index in [9.17, 15) is 4.79 Å². The average molecular weight is 324 g/mol. The zero-order valence-corrected chi connectivity index (χ0v) is 13.7. The molecule has 124 valence electrons. The highest BCUT2D eigenvalue weighted by Gasteiger charge is 2.50. The van der Waals surface area contributed by atoms with Crippen molar-refractivity contribution in [3.8, 4) is 0 Å². The van der Waals surface area contributed by atoms with Gasteiger partial charge in [-0.05, 0) is 29.7 Å². The van der Waals surface area contributed by atoms with E-state index in [2.05, 4.69) is 20.2 Å². The highest BCUT2D eigenvalue weighted by atomic mass is 16.1. The number of guanidine groups is 1. The lowest BCUT2D eigenvalue weighted by atomic mass is 9.71. The third kappa shape index (κ3) is 2.51. The summed E-state index contributed by atoms with van der Waals surface area (Å²) in [6, 6.07) is 9.77. The van der Waals surface area contributed by atoms with Gasteiger partial charge in [0.2, 0.25) is 0 Å². The molecule has 0 fully saturated rings. The van der Waals surface area contributed by atoms with Gasteiger partial charge in [-0.25, -0.2) is 0 Å². The first-order valence-corrected chi connectivity index (χ1v) is 7.82. The number of hydrogen-bond donors (Lipinski definition) is 2. The van der Waals surface area contributed by atoms with Crippen LogP contribution in [0, 0.1) is 11.8 Å². The standard InChI is InChI=1S/C17H20N6O/c1-10(2)17(13(9-21-23-17)15(24)22-16(18)19)12-5-6-14-11(8-12)4-3-7-20-14/h3-8,10,13H,9H2,1-2H3,(H4,18,19,22,24). The zero-order valence-electron chi connectivity index (χ0n) is 13.7. The monoisotopic (exact) mass is 324 g/mol. The quantitative estimate of drug-likeness (QED) is 0.662. The van der Waals surface area contributed by atoms with Crippen LogP contribution >= 0.6 is 0 Å². The van der Waals surface area contributed by atoms with E-state index in [0.717, 1.165) is 16.5 Å². The Morgan fingerprint density at radius 1 is 1.33 bits per heavy atom. The molecule has 0 saturated carbocycles. The van der Waals surface area contributed by atoms with Gasteiger partial charge in [0.05, 0.1) is 18.0 Å². The summed E-state index contributed by atoms with van der Waals surface area (Å²) >= 11 is 0. The normalized spacial score (nSPS) is 22.9. The third-order valence-corrected chi connectivity index (χ3v) is 4.51. The molecule has 1 amide bonds. The molecule has 0 aliphatic carbocycles. The number of azo groups is 1. The van der Waals surface area contributed by atoms with Crippen molar-refractivity contribution in [2.45, 2.75) is 19.4 Å². The fraction of sp³-hybridized carbons (Fsp3) is 0.353. The van der Waals surface area contributed by atoms with Crippen LogP contribution in [0.15, 0.2) is 51.7 Å². The first-order chi connectivity index (χ1) is 11.4. The average Bonchev–Trinajstić information content (AvgIpc) is 3.00. The van der Waals surface area contributed by atoms with Crippen molar-refractivity contribution < 1.29 is 4.79 Å². The fourth-order valence-corrected chi connectivity index (χ4v) is 3.35. The lowest BCUT2D eigenvalue weighted by Crippen LogP contribution is -2.41. The van der Waals surface area contributed by atoms with Crippen LogP contribution in [0.1, 0.15) is 19.4 Å². The van der Waals surface area contributed by atoms with Gasteiger partial charge in [0.25, 0.3) is 5.91 Å². The van der Waals surface area contributed by atoms with E-state index in [4.69, 9.17) is 11.5 Å². The summed E-state index contributed by atoms with van der Waals surface area (Å²) in [6.07, 6.45) is 1.75. The van der Waals surface area contributed by atoms with Crippen LogP contribution in [0.4, 0.5) is 0 Å². The molecule has 2 unspecified atom stereocenters. The van der Waals surface area contributed by atoms with Crippen LogP contribution in [0.2, 0.25) is 0 Å². The van der Waals surface area contributed by atoms with Gasteiger partial charge < -0.3 is 11.5 Å². The first-order valence-electron chi connectivity index (χ1n) is 7.82. The Morgan fingerprint density at radius 2 is 2.12 bits per heavy atom. The van der Waals surface area contributed by atoms with E-state index in [1.54, 1.807) is 6.20 Å². The molecule has 4 N–H and O–H groups in total. The number of nitrogens with two attached hydrogens (primary N) is 2. The van der Waals surface area contributed by atoms with Gasteiger partial charge in [-0.1, -0.05) is 26.0 Å². The van der Waals surface area contributed by atoms with E-state index in [1.807, 2.05) is 44.2 Å². The number of hydrogen-bond acceptors (Lipinski definition) is 4.